The van der Waals surface area contributed by atoms with E-state index < -0.39 is 35.1 Å². The Kier molecular flexibility index (Phi) is 5.33. The SMILES string of the molecule is C=C(C(=O)O)N(C(=O)OC(C)(C)C)C(=O)OC(C)(C)C. The standard InChI is InChI=1S/C13H21NO6/c1-8(9(15)16)14(10(17)19-12(2,3)4)11(18)20-13(5,6)7/h1H2,2-7H3,(H,15,16). The van der Waals surface area contributed by atoms with E-state index in [2.05, 4.69) is 6.58 Å². The molecule has 7 nitrogen and oxygen atoms in total. The molecule has 0 spiro atoms. The molecule has 2 amide bonds. The monoisotopic (exact) mass is 287 g/mol. The zero-order valence-corrected chi connectivity index (χ0v) is 12.6. The number of carbonyl (C=O) groups is 3. The van der Waals surface area contributed by atoms with Crippen molar-refractivity contribution in [2.24, 2.45) is 0 Å². The lowest BCUT2D eigenvalue weighted by Gasteiger charge is -2.28. The molecule has 0 radical (unpaired) electrons. The number of ether oxygens (including phenoxy) is 2. The molecule has 0 bridgehead atoms. The molecule has 20 heavy (non-hydrogen) atoms. The molecule has 7 heteroatoms. The minimum Gasteiger partial charge on any atom is -0.477 e. The molecule has 0 aliphatic rings. The Balaban J connectivity index is 5.30. The summed E-state index contributed by atoms with van der Waals surface area (Å²) < 4.78 is 9.94. The van der Waals surface area contributed by atoms with Crippen LogP contribution in [0.25, 0.3) is 0 Å². The predicted octanol–water partition coefficient (Wildman–Crippen LogP) is 2.76. The van der Waals surface area contributed by atoms with Crippen LogP contribution in [-0.2, 0) is 14.3 Å². The average Bonchev–Trinajstić information content (AvgIpc) is 2.10. The summed E-state index contributed by atoms with van der Waals surface area (Å²) in [5.41, 5.74) is -2.53. The van der Waals surface area contributed by atoms with E-state index in [4.69, 9.17) is 14.6 Å². The van der Waals surface area contributed by atoms with Gasteiger partial charge in [-0.05, 0) is 41.5 Å². The summed E-state index contributed by atoms with van der Waals surface area (Å²) in [7, 11) is 0. The van der Waals surface area contributed by atoms with Gasteiger partial charge in [-0.25, -0.2) is 14.4 Å². The van der Waals surface area contributed by atoms with Crippen molar-refractivity contribution in [1.29, 1.82) is 0 Å². The van der Waals surface area contributed by atoms with E-state index in [-0.39, 0.29) is 4.90 Å². The number of aliphatic carboxylic acids is 1. The summed E-state index contributed by atoms with van der Waals surface area (Å²) in [4.78, 5) is 35.0. The lowest BCUT2D eigenvalue weighted by Crippen LogP contribution is -2.44. The summed E-state index contributed by atoms with van der Waals surface area (Å²) in [5, 5.41) is 8.89. The van der Waals surface area contributed by atoms with Crippen LogP contribution in [0.4, 0.5) is 9.59 Å². The van der Waals surface area contributed by atoms with Gasteiger partial charge in [-0.2, -0.15) is 4.90 Å². The van der Waals surface area contributed by atoms with Gasteiger partial charge >= 0.3 is 18.2 Å². The van der Waals surface area contributed by atoms with Crippen molar-refractivity contribution in [2.45, 2.75) is 52.7 Å². The molecule has 0 unspecified atom stereocenters. The first-order valence-electron chi connectivity index (χ1n) is 5.93. The highest BCUT2D eigenvalue weighted by Gasteiger charge is 2.35. The highest BCUT2D eigenvalue weighted by atomic mass is 16.6. The Labute approximate surface area is 118 Å². The van der Waals surface area contributed by atoms with Crippen molar-refractivity contribution in [3.8, 4) is 0 Å². The minimum absolute atomic E-state index is 0.263. The maximum absolute atomic E-state index is 11.9. The van der Waals surface area contributed by atoms with Crippen molar-refractivity contribution in [2.75, 3.05) is 0 Å². The number of carboxylic acids is 1. The molecule has 0 rings (SSSR count). The third-order valence-electron chi connectivity index (χ3n) is 1.67. The van der Waals surface area contributed by atoms with Crippen LogP contribution < -0.4 is 0 Å². The van der Waals surface area contributed by atoms with Crippen molar-refractivity contribution < 1.29 is 29.0 Å². The van der Waals surface area contributed by atoms with E-state index >= 15 is 0 Å². The number of rotatable bonds is 2. The molecule has 0 aliphatic carbocycles. The first-order chi connectivity index (χ1) is 8.74. The fraction of sp³-hybridized carbons (Fsp3) is 0.615. The summed E-state index contributed by atoms with van der Waals surface area (Å²) in [6.45, 7) is 12.7. The molecule has 1 N–H and O–H groups in total. The maximum Gasteiger partial charge on any atom is 0.424 e. The van der Waals surface area contributed by atoms with Crippen LogP contribution in [0.15, 0.2) is 12.3 Å². The second-order valence-corrected chi connectivity index (χ2v) is 6.05. The van der Waals surface area contributed by atoms with Gasteiger partial charge in [0, 0.05) is 0 Å². The van der Waals surface area contributed by atoms with Crippen LogP contribution in [0.3, 0.4) is 0 Å². The normalized spacial score (nSPS) is 11.5. The molecule has 0 aromatic heterocycles. The summed E-state index contributed by atoms with van der Waals surface area (Å²) in [6.07, 6.45) is -2.31. The minimum atomic E-state index is -1.53. The van der Waals surface area contributed by atoms with Crippen LogP contribution in [0.2, 0.25) is 0 Å². The number of hydrogen-bond acceptors (Lipinski definition) is 5. The van der Waals surface area contributed by atoms with Crippen LogP contribution in [0.5, 0.6) is 0 Å². The van der Waals surface area contributed by atoms with Gasteiger partial charge in [-0.15, -0.1) is 0 Å². The van der Waals surface area contributed by atoms with Gasteiger partial charge in [-0.3, -0.25) is 0 Å². The molecule has 0 saturated carbocycles. The van der Waals surface area contributed by atoms with Crippen molar-refractivity contribution in [1.82, 2.24) is 4.90 Å². The van der Waals surface area contributed by atoms with Crippen LogP contribution >= 0.6 is 0 Å². The number of hydrogen-bond donors (Lipinski definition) is 1. The Bertz CT molecular complexity index is 399. The average molecular weight is 287 g/mol. The fourth-order valence-electron chi connectivity index (χ4n) is 1.01. The lowest BCUT2D eigenvalue weighted by atomic mass is 10.2. The topological polar surface area (TPSA) is 93.1 Å². The third kappa shape index (κ3) is 6.21. The highest BCUT2D eigenvalue weighted by Crippen LogP contribution is 2.17. The van der Waals surface area contributed by atoms with Gasteiger partial charge < -0.3 is 14.6 Å². The van der Waals surface area contributed by atoms with E-state index in [1.54, 1.807) is 41.5 Å². The zero-order chi connectivity index (χ0) is 16.3. The molecule has 0 saturated heterocycles. The molecule has 0 aromatic rings. The van der Waals surface area contributed by atoms with Gasteiger partial charge in [0.1, 0.15) is 16.9 Å². The van der Waals surface area contributed by atoms with Crippen molar-refractivity contribution >= 4 is 18.2 Å². The van der Waals surface area contributed by atoms with Crippen LogP contribution in [-0.4, -0.2) is 39.4 Å². The second-order valence-electron chi connectivity index (χ2n) is 6.05. The van der Waals surface area contributed by atoms with Crippen LogP contribution in [0, 0.1) is 0 Å². The van der Waals surface area contributed by atoms with Gasteiger partial charge in [-0.1, -0.05) is 6.58 Å². The molecule has 0 aromatic carbocycles. The molecule has 0 atom stereocenters. The Hall–Kier alpha value is -2.05. The van der Waals surface area contributed by atoms with E-state index in [9.17, 15) is 14.4 Å². The zero-order valence-electron chi connectivity index (χ0n) is 12.6. The number of carbonyl (C=O) groups excluding carboxylic acids is 2. The number of imide groups is 1. The molecular formula is C13H21NO6. The maximum atomic E-state index is 11.9. The van der Waals surface area contributed by atoms with E-state index in [0.29, 0.717) is 0 Å². The highest BCUT2D eigenvalue weighted by molar-refractivity contribution is 6.00. The predicted molar refractivity (Wildman–Crippen MR) is 71.1 cm³/mol. The summed E-state index contributed by atoms with van der Waals surface area (Å²) in [5.74, 6) is -1.53. The molecule has 114 valence electrons. The van der Waals surface area contributed by atoms with E-state index in [0.717, 1.165) is 0 Å². The Morgan fingerprint density at radius 2 is 1.20 bits per heavy atom. The van der Waals surface area contributed by atoms with Gasteiger partial charge in [0.2, 0.25) is 0 Å². The van der Waals surface area contributed by atoms with Gasteiger partial charge in [0.25, 0.3) is 0 Å². The van der Waals surface area contributed by atoms with E-state index in [1.165, 1.54) is 0 Å². The summed E-state index contributed by atoms with van der Waals surface area (Å²) >= 11 is 0. The van der Waals surface area contributed by atoms with Crippen molar-refractivity contribution in [3.05, 3.63) is 12.3 Å². The molecule has 0 heterocycles. The fourth-order valence-corrected chi connectivity index (χ4v) is 1.01. The Morgan fingerprint density at radius 1 is 0.900 bits per heavy atom. The molecule has 0 fully saturated rings. The lowest BCUT2D eigenvalue weighted by molar-refractivity contribution is -0.134. The first-order valence-corrected chi connectivity index (χ1v) is 5.93. The summed E-state index contributed by atoms with van der Waals surface area (Å²) in [6, 6.07) is 0. The van der Waals surface area contributed by atoms with Crippen LogP contribution in [0.1, 0.15) is 41.5 Å². The number of amides is 2. The number of carboxylic acid groups (broad SMARTS) is 1. The third-order valence-corrected chi connectivity index (χ3v) is 1.67. The Morgan fingerprint density at radius 3 is 1.40 bits per heavy atom. The van der Waals surface area contributed by atoms with Crippen molar-refractivity contribution in [3.63, 3.8) is 0 Å². The van der Waals surface area contributed by atoms with Gasteiger partial charge in [0.15, 0.2) is 0 Å². The quantitative estimate of drug-likeness (QED) is 0.785. The molecule has 0 aliphatic heterocycles. The number of nitrogens with zero attached hydrogens (tertiary/aromatic N) is 1. The van der Waals surface area contributed by atoms with E-state index in [1.807, 2.05) is 0 Å². The largest absolute Gasteiger partial charge is 0.477 e. The molecular weight excluding hydrogens is 266 g/mol. The second kappa shape index (κ2) is 5.94. The van der Waals surface area contributed by atoms with Gasteiger partial charge in [0.05, 0.1) is 0 Å². The first kappa shape index (κ1) is 17.9. The smallest absolute Gasteiger partial charge is 0.424 e.